The number of aromatic nitrogens is 1. The highest BCUT2D eigenvalue weighted by atomic mass is 15.2. The lowest BCUT2D eigenvalue weighted by atomic mass is 10.1. The van der Waals surface area contributed by atoms with Crippen molar-refractivity contribution < 1.29 is 0 Å². The van der Waals surface area contributed by atoms with E-state index >= 15 is 0 Å². The first-order chi connectivity index (χ1) is 10.1. The van der Waals surface area contributed by atoms with Crippen LogP contribution in [0.15, 0.2) is 12.1 Å². The molecule has 1 heterocycles. The van der Waals surface area contributed by atoms with E-state index in [4.69, 9.17) is 4.98 Å². The molecule has 0 radical (unpaired) electrons. The Labute approximate surface area is 130 Å². The second-order valence-electron chi connectivity index (χ2n) is 6.70. The van der Waals surface area contributed by atoms with Crippen molar-refractivity contribution in [3.05, 3.63) is 23.4 Å². The van der Waals surface area contributed by atoms with Gasteiger partial charge in [0.25, 0.3) is 0 Å². The number of hydrogen-bond acceptors (Lipinski definition) is 3. The van der Waals surface area contributed by atoms with E-state index in [1.165, 1.54) is 49.8 Å². The average molecular weight is 289 g/mol. The third kappa shape index (κ3) is 4.44. The van der Waals surface area contributed by atoms with Gasteiger partial charge in [-0.15, -0.1) is 0 Å². The molecule has 2 rings (SSSR count). The molecule has 3 nitrogen and oxygen atoms in total. The molecule has 1 aromatic rings. The standard InChI is InChI=1S/C18H31N3/c1-14(2)17-11-15(13-19-3)12-18(20-17)21(4)16-9-7-5-6-8-10-16/h11-12,14,16,19H,5-10,13H2,1-4H3. The molecular formula is C18H31N3. The first-order valence-electron chi connectivity index (χ1n) is 8.50. The van der Waals surface area contributed by atoms with Crippen LogP contribution in [-0.4, -0.2) is 25.1 Å². The van der Waals surface area contributed by atoms with Crippen LogP contribution in [0.5, 0.6) is 0 Å². The molecule has 118 valence electrons. The Kier molecular flexibility index (Phi) is 6.04. The van der Waals surface area contributed by atoms with Crippen LogP contribution in [0.2, 0.25) is 0 Å². The van der Waals surface area contributed by atoms with Crippen molar-refractivity contribution in [1.29, 1.82) is 0 Å². The lowest BCUT2D eigenvalue weighted by Gasteiger charge is -2.29. The summed E-state index contributed by atoms with van der Waals surface area (Å²) in [6.45, 7) is 5.36. The van der Waals surface area contributed by atoms with Gasteiger partial charge in [0, 0.05) is 25.3 Å². The van der Waals surface area contributed by atoms with Crippen LogP contribution in [0, 0.1) is 0 Å². The van der Waals surface area contributed by atoms with Crippen molar-refractivity contribution >= 4 is 5.82 Å². The van der Waals surface area contributed by atoms with Gasteiger partial charge in [0.2, 0.25) is 0 Å². The van der Waals surface area contributed by atoms with Gasteiger partial charge in [-0.05, 0) is 43.5 Å². The summed E-state index contributed by atoms with van der Waals surface area (Å²) in [6, 6.07) is 5.16. The fourth-order valence-electron chi connectivity index (χ4n) is 3.21. The maximum Gasteiger partial charge on any atom is 0.129 e. The maximum absolute atomic E-state index is 4.92. The quantitative estimate of drug-likeness (QED) is 0.828. The van der Waals surface area contributed by atoms with Gasteiger partial charge in [0.15, 0.2) is 0 Å². The molecule has 0 unspecified atom stereocenters. The number of nitrogens with one attached hydrogen (secondary N) is 1. The van der Waals surface area contributed by atoms with E-state index in [-0.39, 0.29) is 0 Å². The van der Waals surface area contributed by atoms with E-state index in [2.05, 4.69) is 43.2 Å². The smallest absolute Gasteiger partial charge is 0.129 e. The van der Waals surface area contributed by atoms with E-state index < -0.39 is 0 Å². The fraction of sp³-hybridized carbons (Fsp3) is 0.722. The zero-order valence-corrected chi connectivity index (χ0v) is 14.2. The zero-order valence-electron chi connectivity index (χ0n) is 14.2. The molecule has 0 aromatic carbocycles. The molecule has 1 aliphatic carbocycles. The Morgan fingerprint density at radius 2 is 1.86 bits per heavy atom. The largest absolute Gasteiger partial charge is 0.357 e. The summed E-state index contributed by atoms with van der Waals surface area (Å²) in [5.74, 6) is 1.63. The molecule has 0 aliphatic heterocycles. The van der Waals surface area contributed by atoms with Crippen LogP contribution < -0.4 is 10.2 Å². The second kappa shape index (κ2) is 7.79. The highest BCUT2D eigenvalue weighted by Gasteiger charge is 2.19. The summed E-state index contributed by atoms with van der Waals surface area (Å²) >= 11 is 0. The molecule has 21 heavy (non-hydrogen) atoms. The van der Waals surface area contributed by atoms with Gasteiger partial charge < -0.3 is 10.2 Å². The maximum atomic E-state index is 4.92. The van der Waals surface area contributed by atoms with E-state index in [9.17, 15) is 0 Å². The van der Waals surface area contributed by atoms with Gasteiger partial charge in [0.05, 0.1) is 0 Å². The first kappa shape index (κ1) is 16.3. The molecular weight excluding hydrogens is 258 g/mol. The lowest BCUT2D eigenvalue weighted by Crippen LogP contribution is -2.32. The van der Waals surface area contributed by atoms with Crippen LogP contribution in [0.25, 0.3) is 0 Å². The molecule has 0 amide bonds. The van der Waals surface area contributed by atoms with Crippen LogP contribution >= 0.6 is 0 Å². The SMILES string of the molecule is CNCc1cc(C(C)C)nc(N(C)C2CCCCCC2)c1. The lowest BCUT2D eigenvalue weighted by molar-refractivity contribution is 0.548. The predicted octanol–water partition coefficient (Wildman–Crippen LogP) is 4.08. The summed E-state index contributed by atoms with van der Waals surface area (Å²) in [4.78, 5) is 7.35. The summed E-state index contributed by atoms with van der Waals surface area (Å²) in [6.07, 6.45) is 8.14. The fourth-order valence-corrected chi connectivity index (χ4v) is 3.21. The average Bonchev–Trinajstić information content (AvgIpc) is 2.75. The molecule has 0 saturated heterocycles. The number of pyridine rings is 1. The highest BCUT2D eigenvalue weighted by molar-refractivity contribution is 5.43. The number of hydrogen-bond donors (Lipinski definition) is 1. The summed E-state index contributed by atoms with van der Waals surface area (Å²) in [5, 5.41) is 3.26. The Balaban J connectivity index is 2.23. The third-order valence-electron chi connectivity index (χ3n) is 4.60. The number of anilines is 1. The Morgan fingerprint density at radius 1 is 1.19 bits per heavy atom. The highest BCUT2D eigenvalue weighted by Crippen LogP contribution is 2.26. The van der Waals surface area contributed by atoms with Crippen LogP contribution in [0.4, 0.5) is 5.82 Å². The predicted molar refractivity (Wildman–Crippen MR) is 91.0 cm³/mol. The van der Waals surface area contributed by atoms with E-state index in [1.807, 2.05) is 7.05 Å². The normalized spacial score (nSPS) is 17.0. The van der Waals surface area contributed by atoms with Crippen molar-refractivity contribution in [2.45, 2.75) is 70.9 Å². The number of rotatable bonds is 5. The summed E-state index contributed by atoms with van der Waals surface area (Å²) in [5.41, 5.74) is 2.55. The van der Waals surface area contributed by atoms with Crippen molar-refractivity contribution in [3.8, 4) is 0 Å². The molecule has 1 aliphatic rings. The van der Waals surface area contributed by atoms with Gasteiger partial charge in [0.1, 0.15) is 5.82 Å². The first-order valence-corrected chi connectivity index (χ1v) is 8.50. The molecule has 0 atom stereocenters. The molecule has 1 N–H and O–H groups in total. The third-order valence-corrected chi connectivity index (χ3v) is 4.60. The summed E-state index contributed by atoms with van der Waals surface area (Å²) < 4.78 is 0. The van der Waals surface area contributed by atoms with Gasteiger partial charge >= 0.3 is 0 Å². The number of nitrogens with zero attached hydrogens (tertiary/aromatic N) is 2. The monoisotopic (exact) mass is 289 g/mol. The minimum Gasteiger partial charge on any atom is -0.357 e. The van der Waals surface area contributed by atoms with E-state index in [0.29, 0.717) is 12.0 Å². The Morgan fingerprint density at radius 3 is 2.43 bits per heavy atom. The van der Waals surface area contributed by atoms with Crippen LogP contribution in [0.3, 0.4) is 0 Å². The minimum absolute atomic E-state index is 0.475. The second-order valence-corrected chi connectivity index (χ2v) is 6.70. The van der Waals surface area contributed by atoms with Gasteiger partial charge in [-0.3, -0.25) is 0 Å². The van der Waals surface area contributed by atoms with Gasteiger partial charge in [-0.2, -0.15) is 0 Å². The molecule has 3 heteroatoms. The topological polar surface area (TPSA) is 28.2 Å². The van der Waals surface area contributed by atoms with Crippen molar-refractivity contribution in [3.63, 3.8) is 0 Å². The molecule has 1 saturated carbocycles. The van der Waals surface area contributed by atoms with Crippen molar-refractivity contribution in [2.75, 3.05) is 19.0 Å². The van der Waals surface area contributed by atoms with E-state index in [1.54, 1.807) is 0 Å². The summed E-state index contributed by atoms with van der Waals surface area (Å²) in [7, 11) is 4.23. The molecule has 1 fully saturated rings. The van der Waals surface area contributed by atoms with Crippen LogP contribution in [-0.2, 0) is 6.54 Å². The minimum atomic E-state index is 0.475. The van der Waals surface area contributed by atoms with Crippen LogP contribution in [0.1, 0.15) is 69.5 Å². The van der Waals surface area contributed by atoms with Gasteiger partial charge in [-0.1, -0.05) is 39.5 Å². The van der Waals surface area contributed by atoms with Crippen molar-refractivity contribution in [2.24, 2.45) is 0 Å². The Hall–Kier alpha value is -1.09. The molecule has 0 spiro atoms. The van der Waals surface area contributed by atoms with E-state index in [0.717, 1.165) is 12.4 Å². The molecule has 1 aromatic heterocycles. The van der Waals surface area contributed by atoms with Crippen molar-refractivity contribution in [1.82, 2.24) is 10.3 Å². The van der Waals surface area contributed by atoms with Gasteiger partial charge in [-0.25, -0.2) is 4.98 Å². The zero-order chi connectivity index (χ0) is 15.2. The molecule has 0 bridgehead atoms. The Bertz CT molecular complexity index is 434.